The Morgan fingerprint density at radius 2 is 1.75 bits per heavy atom. The van der Waals surface area contributed by atoms with Crippen LogP contribution in [0.2, 0.25) is 0 Å². The Bertz CT molecular complexity index is 1100. The van der Waals surface area contributed by atoms with Gasteiger partial charge in [0.1, 0.15) is 0 Å². The van der Waals surface area contributed by atoms with E-state index in [0.717, 1.165) is 10.0 Å². The molecule has 0 aliphatic carbocycles. The number of carbonyl (C=O) groups is 1. The summed E-state index contributed by atoms with van der Waals surface area (Å²) < 4.78 is 11.7. The van der Waals surface area contributed by atoms with Gasteiger partial charge in [-0.15, -0.1) is 0 Å². The van der Waals surface area contributed by atoms with Crippen molar-refractivity contribution in [3.8, 4) is 11.5 Å². The molecule has 0 saturated carbocycles. The molecule has 1 amide bonds. The highest BCUT2D eigenvalue weighted by Gasteiger charge is 2.51. The molecule has 0 fully saturated rings. The zero-order valence-corrected chi connectivity index (χ0v) is 16.3. The lowest BCUT2D eigenvalue weighted by atomic mass is 9.87. The Kier molecular flexibility index (Phi) is 3.92. The largest absolute Gasteiger partial charge is 0.454 e. The van der Waals surface area contributed by atoms with Crippen molar-refractivity contribution in [3.63, 3.8) is 0 Å². The van der Waals surface area contributed by atoms with Crippen molar-refractivity contribution in [2.45, 2.75) is 12.1 Å². The van der Waals surface area contributed by atoms with Crippen LogP contribution in [0.1, 0.15) is 16.7 Å². The summed E-state index contributed by atoms with van der Waals surface area (Å²) in [6.45, 7) is 0.486. The van der Waals surface area contributed by atoms with Crippen LogP contribution >= 0.6 is 15.9 Å². The molecule has 5 rings (SSSR count). The molecule has 28 heavy (non-hydrogen) atoms. The van der Waals surface area contributed by atoms with E-state index in [-0.39, 0.29) is 12.7 Å². The minimum absolute atomic E-state index is 0.135. The lowest BCUT2D eigenvalue weighted by Crippen LogP contribution is -2.40. The Hall–Kier alpha value is -2.83. The molecule has 0 radical (unpaired) electrons. The number of carbonyl (C=O) groups excluding carboxylic acids is 1. The highest BCUT2D eigenvalue weighted by molar-refractivity contribution is 9.10. The van der Waals surface area contributed by atoms with Gasteiger partial charge in [-0.2, -0.15) is 0 Å². The van der Waals surface area contributed by atoms with Crippen LogP contribution < -0.4 is 14.4 Å². The number of anilines is 1. The van der Waals surface area contributed by atoms with Crippen LogP contribution in [0.3, 0.4) is 0 Å². The topological polar surface area (TPSA) is 59.0 Å². The lowest BCUT2D eigenvalue weighted by molar-refractivity contribution is -0.132. The van der Waals surface area contributed by atoms with E-state index in [1.54, 1.807) is 29.2 Å². The van der Waals surface area contributed by atoms with Gasteiger partial charge in [0.05, 0.1) is 12.2 Å². The van der Waals surface area contributed by atoms with Gasteiger partial charge in [0.2, 0.25) is 6.79 Å². The first kappa shape index (κ1) is 17.3. The minimum Gasteiger partial charge on any atom is -0.454 e. The van der Waals surface area contributed by atoms with Crippen LogP contribution in [0.4, 0.5) is 5.69 Å². The van der Waals surface area contributed by atoms with Crippen molar-refractivity contribution in [3.05, 3.63) is 87.9 Å². The average molecular weight is 438 g/mol. The summed E-state index contributed by atoms with van der Waals surface area (Å²) in [5, 5.41) is 11.6. The molecular formula is C22H16BrNO4. The highest BCUT2D eigenvalue weighted by atomic mass is 79.9. The number of rotatable bonds is 3. The second-order valence-corrected chi connectivity index (χ2v) is 7.63. The quantitative estimate of drug-likeness (QED) is 0.673. The number of fused-ring (bicyclic) bond motifs is 2. The smallest absolute Gasteiger partial charge is 0.268 e. The number of aliphatic hydroxyl groups is 1. The van der Waals surface area contributed by atoms with Gasteiger partial charge < -0.3 is 19.5 Å². The predicted molar refractivity (Wildman–Crippen MR) is 107 cm³/mol. The molecule has 2 heterocycles. The van der Waals surface area contributed by atoms with Gasteiger partial charge >= 0.3 is 0 Å². The third kappa shape index (κ3) is 2.45. The predicted octanol–water partition coefficient (Wildman–Crippen LogP) is 3.96. The Morgan fingerprint density at radius 1 is 1.00 bits per heavy atom. The molecular weight excluding hydrogens is 422 g/mol. The average Bonchev–Trinajstić information content (AvgIpc) is 3.27. The summed E-state index contributed by atoms with van der Waals surface area (Å²) in [4.78, 5) is 15.1. The van der Waals surface area contributed by atoms with Crippen molar-refractivity contribution in [2.75, 3.05) is 11.7 Å². The number of benzene rings is 3. The van der Waals surface area contributed by atoms with Gasteiger partial charge in [-0.05, 0) is 29.8 Å². The molecule has 140 valence electrons. The van der Waals surface area contributed by atoms with Gasteiger partial charge in [0, 0.05) is 15.6 Å². The zero-order chi connectivity index (χ0) is 19.3. The van der Waals surface area contributed by atoms with Crippen molar-refractivity contribution < 1.29 is 19.4 Å². The zero-order valence-electron chi connectivity index (χ0n) is 14.8. The molecule has 3 aromatic rings. The number of hydrogen-bond acceptors (Lipinski definition) is 4. The third-order valence-corrected chi connectivity index (χ3v) is 5.99. The molecule has 0 saturated heterocycles. The Balaban J connectivity index is 1.62. The van der Waals surface area contributed by atoms with Crippen LogP contribution in [0.5, 0.6) is 11.5 Å². The maximum absolute atomic E-state index is 13.5. The molecule has 0 spiro atoms. The first-order valence-corrected chi connectivity index (χ1v) is 9.66. The van der Waals surface area contributed by atoms with Gasteiger partial charge in [0.25, 0.3) is 5.91 Å². The summed E-state index contributed by atoms with van der Waals surface area (Å²) in [6, 6.07) is 20.2. The van der Waals surface area contributed by atoms with E-state index in [1.807, 2.05) is 42.5 Å². The molecule has 1 unspecified atom stereocenters. The van der Waals surface area contributed by atoms with E-state index in [9.17, 15) is 9.90 Å². The molecule has 5 nitrogen and oxygen atoms in total. The molecule has 0 bridgehead atoms. The van der Waals surface area contributed by atoms with Crippen LogP contribution in [0.15, 0.2) is 71.2 Å². The number of para-hydroxylation sites is 1. The van der Waals surface area contributed by atoms with Gasteiger partial charge in [-0.25, -0.2) is 0 Å². The van der Waals surface area contributed by atoms with E-state index in [0.29, 0.717) is 34.9 Å². The summed E-state index contributed by atoms with van der Waals surface area (Å²) in [5.74, 6) is 0.750. The molecule has 0 aromatic heterocycles. The van der Waals surface area contributed by atoms with E-state index in [1.165, 1.54) is 0 Å². The number of hydrogen-bond donors (Lipinski definition) is 1. The SMILES string of the molecule is O=C1N(Cc2ccccc2Br)c2ccccc2C1(O)c1ccc2c(c1)OCO2. The van der Waals surface area contributed by atoms with Gasteiger partial charge in [0.15, 0.2) is 17.1 Å². The first-order valence-electron chi connectivity index (χ1n) is 8.86. The normalized spacial score (nSPS) is 19.8. The second kappa shape index (κ2) is 6.36. The fourth-order valence-electron chi connectivity index (χ4n) is 3.79. The fraction of sp³-hybridized carbons (Fsp3) is 0.136. The van der Waals surface area contributed by atoms with Crippen molar-refractivity contribution in [1.82, 2.24) is 0 Å². The van der Waals surface area contributed by atoms with E-state index < -0.39 is 5.60 Å². The Morgan fingerprint density at radius 3 is 2.61 bits per heavy atom. The first-order chi connectivity index (χ1) is 13.6. The summed E-state index contributed by atoms with van der Waals surface area (Å²) in [7, 11) is 0. The van der Waals surface area contributed by atoms with E-state index in [4.69, 9.17) is 9.47 Å². The van der Waals surface area contributed by atoms with Crippen molar-refractivity contribution >= 4 is 27.5 Å². The monoisotopic (exact) mass is 437 g/mol. The molecule has 2 aliphatic heterocycles. The van der Waals surface area contributed by atoms with E-state index in [2.05, 4.69) is 15.9 Å². The van der Waals surface area contributed by atoms with Crippen LogP contribution in [0, 0.1) is 0 Å². The number of halogens is 1. The maximum Gasteiger partial charge on any atom is 0.268 e. The molecule has 2 aliphatic rings. The minimum atomic E-state index is -1.78. The van der Waals surface area contributed by atoms with Gasteiger partial charge in [-0.3, -0.25) is 4.79 Å². The lowest BCUT2D eigenvalue weighted by Gasteiger charge is -2.24. The number of nitrogens with zero attached hydrogens (tertiary/aromatic N) is 1. The Labute approximate surface area is 170 Å². The highest BCUT2D eigenvalue weighted by Crippen LogP contribution is 2.47. The second-order valence-electron chi connectivity index (χ2n) is 6.78. The summed E-state index contributed by atoms with van der Waals surface area (Å²) >= 11 is 3.54. The standard InChI is InChI=1S/C22H16BrNO4/c23-17-7-3-1-5-14(17)12-24-18-8-4-2-6-16(18)22(26,21(24)25)15-9-10-19-20(11-15)28-13-27-19/h1-11,26H,12-13H2. The van der Waals surface area contributed by atoms with Crippen LogP contribution in [-0.4, -0.2) is 17.8 Å². The molecule has 1 atom stereocenters. The maximum atomic E-state index is 13.5. The molecule has 1 N–H and O–H groups in total. The van der Waals surface area contributed by atoms with Crippen molar-refractivity contribution in [2.24, 2.45) is 0 Å². The van der Waals surface area contributed by atoms with Crippen LogP contribution in [-0.2, 0) is 16.9 Å². The van der Waals surface area contributed by atoms with Crippen molar-refractivity contribution in [1.29, 1.82) is 0 Å². The number of ether oxygens (including phenoxy) is 2. The van der Waals surface area contributed by atoms with E-state index >= 15 is 0 Å². The fourth-order valence-corrected chi connectivity index (χ4v) is 4.20. The molecule has 6 heteroatoms. The summed E-state index contributed by atoms with van der Waals surface area (Å²) in [5.41, 5.74) is 0.900. The number of amides is 1. The van der Waals surface area contributed by atoms with Crippen LogP contribution in [0.25, 0.3) is 0 Å². The molecule has 3 aromatic carbocycles. The third-order valence-electron chi connectivity index (χ3n) is 5.22. The summed E-state index contributed by atoms with van der Waals surface area (Å²) in [6.07, 6.45) is 0. The van der Waals surface area contributed by atoms with Gasteiger partial charge in [-0.1, -0.05) is 58.4 Å².